The van der Waals surface area contributed by atoms with Crippen LogP contribution in [0.25, 0.3) is 0 Å². The van der Waals surface area contributed by atoms with Gasteiger partial charge < -0.3 is 14.7 Å². The number of amides is 1. The molecule has 0 rings (SSSR count). The lowest BCUT2D eigenvalue weighted by Crippen LogP contribution is -2.33. The number of carbonyl (C=O) groups excluding carboxylic acids is 2. The molecule has 0 aromatic heterocycles. The van der Waals surface area contributed by atoms with Crippen molar-refractivity contribution in [2.75, 3.05) is 13.2 Å². The Morgan fingerprint density at radius 3 is 2.35 bits per heavy atom. The second kappa shape index (κ2) is 8.36. The lowest BCUT2D eigenvalue weighted by Gasteiger charge is -2.23. The average molecular weight is 311 g/mol. The number of esters is 1. The van der Waals surface area contributed by atoms with Crippen molar-refractivity contribution in [1.82, 2.24) is 5.06 Å². The highest BCUT2D eigenvalue weighted by atomic mass is 31.2. The van der Waals surface area contributed by atoms with E-state index in [0.717, 1.165) is 11.7 Å². The van der Waals surface area contributed by atoms with Gasteiger partial charge in [0, 0.05) is 20.0 Å². The van der Waals surface area contributed by atoms with Crippen molar-refractivity contribution in [1.29, 1.82) is 0 Å². The Morgan fingerprint density at radius 1 is 1.40 bits per heavy atom. The Kier molecular flexibility index (Phi) is 7.96. The fourth-order valence-corrected chi connectivity index (χ4v) is 1.72. The summed E-state index contributed by atoms with van der Waals surface area (Å²) in [4.78, 5) is 36.2. The van der Waals surface area contributed by atoms with Gasteiger partial charge in [-0.05, 0) is 0 Å². The Bertz CT molecular complexity index is 368. The number of hydrogen-bond acceptors (Lipinski definition) is 6. The van der Waals surface area contributed by atoms with Crippen LogP contribution in [0.15, 0.2) is 0 Å². The summed E-state index contributed by atoms with van der Waals surface area (Å²) in [5.74, 6) is -2.24. The van der Waals surface area contributed by atoms with E-state index in [4.69, 9.17) is 14.5 Å². The maximum absolute atomic E-state index is 11.3. The van der Waals surface area contributed by atoms with Crippen molar-refractivity contribution in [3.8, 4) is 0 Å². The standard InChI is InChI=1S/C11H22NO7P/c1-8(2)11(15)18-9(3)19-12(7-13)6-5-10(14)20(4,16)17/h7-10,14H,5-6H2,1-4H3,(H,16,17). The molecule has 2 N–H and O–H groups in total. The molecular weight excluding hydrogens is 289 g/mol. The molecule has 0 aliphatic carbocycles. The van der Waals surface area contributed by atoms with Gasteiger partial charge in [-0.3, -0.25) is 14.2 Å². The molecular formula is C11H22NO7P. The molecule has 20 heavy (non-hydrogen) atoms. The average Bonchev–Trinajstić information content (AvgIpc) is 2.32. The second-order valence-electron chi connectivity index (χ2n) is 4.72. The number of nitrogens with zero attached hydrogens (tertiary/aromatic N) is 1. The van der Waals surface area contributed by atoms with Gasteiger partial charge in [0.05, 0.1) is 12.5 Å². The highest BCUT2D eigenvalue weighted by Gasteiger charge is 2.24. The minimum absolute atomic E-state index is 0.105. The number of ether oxygens (including phenoxy) is 1. The maximum Gasteiger partial charge on any atom is 0.310 e. The monoisotopic (exact) mass is 311 g/mol. The summed E-state index contributed by atoms with van der Waals surface area (Å²) in [6.07, 6.45) is -0.770. The highest BCUT2D eigenvalue weighted by molar-refractivity contribution is 7.57. The minimum atomic E-state index is -3.62. The normalized spacial score (nSPS) is 17.1. The Morgan fingerprint density at radius 2 is 1.95 bits per heavy atom. The molecule has 0 radical (unpaired) electrons. The lowest BCUT2D eigenvalue weighted by atomic mass is 10.2. The zero-order valence-corrected chi connectivity index (χ0v) is 12.9. The molecule has 9 heteroatoms. The largest absolute Gasteiger partial charge is 0.434 e. The fraction of sp³-hybridized carbons (Fsp3) is 0.818. The number of hydrogen-bond donors (Lipinski definition) is 2. The van der Waals surface area contributed by atoms with Crippen molar-refractivity contribution in [2.45, 2.75) is 39.3 Å². The first-order valence-electron chi connectivity index (χ1n) is 6.15. The van der Waals surface area contributed by atoms with Crippen LogP contribution in [-0.4, -0.2) is 52.8 Å². The van der Waals surface area contributed by atoms with Crippen LogP contribution < -0.4 is 0 Å². The molecule has 0 saturated carbocycles. The first-order valence-corrected chi connectivity index (χ1v) is 8.32. The number of carbonyl (C=O) groups is 2. The summed E-state index contributed by atoms with van der Waals surface area (Å²) in [6, 6.07) is 0. The molecule has 0 aromatic carbocycles. The zero-order chi connectivity index (χ0) is 15.9. The molecule has 0 spiro atoms. The third kappa shape index (κ3) is 7.59. The molecule has 8 nitrogen and oxygen atoms in total. The van der Waals surface area contributed by atoms with Gasteiger partial charge in [0.1, 0.15) is 5.85 Å². The highest BCUT2D eigenvalue weighted by Crippen LogP contribution is 2.41. The van der Waals surface area contributed by atoms with E-state index in [9.17, 15) is 19.3 Å². The van der Waals surface area contributed by atoms with Crippen LogP contribution in [-0.2, 0) is 23.7 Å². The van der Waals surface area contributed by atoms with Crippen LogP contribution in [0.4, 0.5) is 0 Å². The van der Waals surface area contributed by atoms with E-state index in [2.05, 4.69) is 0 Å². The van der Waals surface area contributed by atoms with Gasteiger partial charge in [-0.1, -0.05) is 13.8 Å². The molecule has 3 atom stereocenters. The molecule has 0 fully saturated rings. The molecule has 0 aliphatic heterocycles. The van der Waals surface area contributed by atoms with Gasteiger partial charge >= 0.3 is 5.97 Å². The van der Waals surface area contributed by atoms with Gasteiger partial charge in [-0.2, -0.15) is 0 Å². The van der Waals surface area contributed by atoms with E-state index in [1.54, 1.807) is 13.8 Å². The van der Waals surface area contributed by atoms with Crippen LogP contribution in [0.5, 0.6) is 0 Å². The van der Waals surface area contributed by atoms with Crippen LogP contribution in [0.1, 0.15) is 27.2 Å². The van der Waals surface area contributed by atoms with E-state index >= 15 is 0 Å². The van der Waals surface area contributed by atoms with Crippen molar-refractivity contribution < 1.29 is 33.7 Å². The van der Waals surface area contributed by atoms with Gasteiger partial charge in [0.15, 0.2) is 0 Å². The maximum atomic E-state index is 11.3. The second-order valence-corrected chi connectivity index (χ2v) is 7.21. The number of aliphatic hydroxyl groups excluding tert-OH is 1. The number of rotatable bonds is 9. The quantitative estimate of drug-likeness (QED) is 0.210. The third-order valence-electron chi connectivity index (χ3n) is 2.32. The molecule has 118 valence electrons. The predicted molar refractivity (Wildman–Crippen MR) is 70.6 cm³/mol. The van der Waals surface area contributed by atoms with Gasteiger partial charge in [0.2, 0.25) is 20.1 Å². The van der Waals surface area contributed by atoms with E-state index in [1.165, 1.54) is 6.92 Å². The minimum Gasteiger partial charge on any atom is -0.434 e. The molecule has 0 aromatic rings. The number of aliphatic hydroxyl groups is 1. The first kappa shape index (κ1) is 19.1. The SMILES string of the molecule is CC(OC(=O)C(C)C)ON(C=O)CCC(O)P(C)(=O)O. The van der Waals surface area contributed by atoms with E-state index in [1.807, 2.05) is 0 Å². The third-order valence-corrected chi connectivity index (χ3v) is 3.68. The predicted octanol–water partition coefficient (Wildman–Crippen LogP) is 0.530. The lowest BCUT2D eigenvalue weighted by molar-refractivity contribution is -0.253. The first-order chi connectivity index (χ1) is 9.07. The molecule has 0 heterocycles. The topological polar surface area (TPSA) is 113 Å². The summed E-state index contributed by atoms with van der Waals surface area (Å²) in [5.41, 5.74) is 0. The Hall–Kier alpha value is -0.950. The summed E-state index contributed by atoms with van der Waals surface area (Å²) in [6.45, 7) is 5.67. The Balaban J connectivity index is 4.25. The Labute approximate surface area is 118 Å². The van der Waals surface area contributed by atoms with Gasteiger partial charge in [-0.15, -0.1) is 0 Å². The van der Waals surface area contributed by atoms with Crippen LogP contribution in [0.2, 0.25) is 0 Å². The molecule has 1 amide bonds. The summed E-state index contributed by atoms with van der Waals surface area (Å²) in [5, 5.41) is 10.2. The van der Waals surface area contributed by atoms with Crippen molar-refractivity contribution in [3.05, 3.63) is 0 Å². The summed E-state index contributed by atoms with van der Waals surface area (Å²) < 4.78 is 16.0. The molecule has 0 aliphatic rings. The van der Waals surface area contributed by atoms with Crippen molar-refractivity contribution in [2.24, 2.45) is 5.92 Å². The van der Waals surface area contributed by atoms with E-state index in [0.29, 0.717) is 6.41 Å². The van der Waals surface area contributed by atoms with Crippen LogP contribution in [0.3, 0.4) is 0 Å². The smallest absolute Gasteiger partial charge is 0.310 e. The summed E-state index contributed by atoms with van der Waals surface area (Å²) >= 11 is 0. The molecule has 0 saturated heterocycles. The molecule has 3 unspecified atom stereocenters. The zero-order valence-electron chi connectivity index (χ0n) is 12.1. The number of hydroxylamine groups is 2. The van der Waals surface area contributed by atoms with Crippen molar-refractivity contribution >= 4 is 19.7 Å². The fourth-order valence-electron chi connectivity index (χ4n) is 1.12. The van der Waals surface area contributed by atoms with Gasteiger partial charge in [-0.25, -0.2) is 9.90 Å². The van der Waals surface area contributed by atoms with E-state index < -0.39 is 25.5 Å². The summed E-state index contributed by atoms with van der Waals surface area (Å²) in [7, 11) is -3.62. The molecule has 0 bridgehead atoms. The van der Waals surface area contributed by atoms with Gasteiger partial charge in [0.25, 0.3) is 0 Å². The van der Waals surface area contributed by atoms with Crippen LogP contribution >= 0.6 is 7.37 Å². The van der Waals surface area contributed by atoms with E-state index in [-0.39, 0.29) is 18.9 Å². The van der Waals surface area contributed by atoms with Crippen molar-refractivity contribution in [3.63, 3.8) is 0 Å². The van der Waals surface area contributed by atoms with Crippen LogP contribution in [0, 0.1) is 5.92 Å².